The lowest BCUT2D eigenvalue weighted by atomic mass is 10.0. The summed E-state index contributed by atoms with van der Waals surface area (Å²) >= 11 is 1.12. The van der Waals surface area contributed by atoms with E-state index in [1.54, 1.807) is 24.3 Å². The van der Waals surface area contributed by atoms with Gasteiger partial charge in [-0.15, -0.1) is 11.3 Å². The third-order valence-corrected chi connectivity index (χ3v) is 5.12. The number of nitriles is 1. The molecule has 1 amide bonds. The van der Waals surface area contributed by atoms with E-state index >= 15 is 0 Å². The average molecular weight is 375 g/mol. The normalized spacial score (nSPS) is 10.6. The number of benzene rings is 1. The van der Waals surface area contributed by atoms with Gasteiger partial charge in [0.25, 0.3) is 5.91 Å². The number of pyridine rings is 1. The van der Waals surface area contributed by atoms with Crippen molar-refractivity contribution in [1.82, 2.24) is 4.98 Å². The summed E-state index contributed by atoms with van der Waals surface area (Å²) < 4.78 is 5.46. The Morgan fingerprint density at radius 2 is 1.96 bits per heavy atom. The molecular formula is C19H13N5O2S. The van der Waals surface area contributed by atoms with E-state index in [0.717, 1.165) is 11.3 Å². The van der Waals surface area contributed by atoms with Gasteiger partial charge in [-0.25, -0.2) is 4.98 Å². The maximum Gasteiger partial charge on any atom is 0.267 e. The van der Waals surface area contributed by atoms with Crippen LogP contribution in [-0.4, -0.2) is 10.9 Å². The number of nitrogens with two attached hydrogens (primary N) is 2. The number of fused-ring (bicyclic) bond motifs is 1. The summed E-state index contributed by atoms with van der Waals surface area (Å²) in [5.41, 5.74) is 13.7. The van der Waals surface area contributed by atoms with Gasteiger partial charge in [0.15, 0.2) is 0 Å². The Hall–Kier alpha value is -3.83. The number of amides is 1. The van der Waals surface area contributed by atoms with E-state index < -0.39 is 0 Å². The molecule has 8 heteroatoms. The van der Waals surface area contributed by atoms with Gasteiger partial charge in [0.1, 0.15) is 32.9 Å². The van der Waals surface area contributed by atoms with Crippen LogP contribution in [-0.2, 0) is 0 Å². The van der Waals surface area contributed by atoms with Gasteiger partial charge in [-0.05, 0) is 24.3 Å². The highest BCUT2D eigenvalue weighted by atomic mass is 32.1. The minimum atomic E-state index is -0.357. The number of thiophene rings is 1. The first kappa shape index (κ1) is 16.6. The van der Waals surface area contributed by atoms with E-state index in [9.17, 15) is 10.1 Å². The number of anilines is 3. The second-order valence-electron chi connectivity index (χ2n) is 5.68. The highest BCUT2D eigenvalue weighted by Gasteiger charge is 2.25. The molecular weight excluding hydrogens is 362 g/mol. The molecule has 0 saturated carbocycles. The number of aromatic nitrogens is 1. The van der Waals surface area contributed by atoms with Gasteiger partial charge in [-0.3, -0.25) is 4.79 Å². The SMILES string of the molecule is N#Cc1c(N)nc2sc(C(=O)Nc3ccccc3)c(N)c2c1-c1ccco1. The van der Waals surface area contributed by atoms with Crippen molar-refractivity contribution in [2.45, 2.75) is 0 Å². The second-order valence-corrected chi connectivity index (χ2v) is 6.68. The molecule has 132 valence electrons. The maximum atomic E-state index is 12.7. The summed E-state index contributed by atoms with van der Waals surface area (Å²) in [6, 6.07) is 14.5. The minimum Gasteiger partial charge on any atom is -0.464 e. The fraction of sp³-hybridized carbons (Fsp3) is 0. The van der Waals surface area contributed by atoms with Crippen molar-refractivity contribution >= 4 is 44.7 Å². The zero-order valence-electron chi connectivity index (χ0n) is 13.9. The lowest BCUT2D eigenvalue weighted by molar-refractivity contribution is 0.103. The van der Waals surface area contributed by atoms with Crippen LogP contribution in [0.25, 0.3) is 21.5 Å². The van der Waals surface area contributed by atoms with Gasteiger partial charge < -0.3 is 21.2 Å². The molecule has 0 unspecified atom stereocenters. The molecule has 0 atom stereocenters. The lowest BCUT2D eigenvalue weighted by Gasteiger charge is -2.07. The monoisotopic (exact) mass is 375 g/mol. The third-order valence-electron chi connectivity index (χ3n) is 4.02. The Morgan fingerprint density at radius 1 is 1.19 bits per heavy atom. The zero-order valence-corrected chi connectivity index (χ0v) is 14.7. The number of para-hydroxylation sites is 1. The summed E-state index contributed by atoms with van der Waals surface area (Å²) in [6.45, 7) is 0. The average Bonchev–Trinajstić information content (AvgIpc) is 3.30. The molecule has 3 heterocycles. The molecule has 7 nitrogen and oxygen atoms in total. The quantitative estimate of drug-likeness (QED) is 0.498. The van der Waals surface area contributed by atoms with Crippen LogP contribution in [0.4, 0.5) is 17.2 Å². The molecule has 5 N–H and O–H groups in total. The van der Waals surface area contributed by atoms with E-state index in [2.05, 4.69) is 16.4 Å². The van der Waals surface area contributed by atoms with Crippen molar-refractivity contribution in [1.29, 1.82) is 5.26 Å². The summed E-state index contributed by atoms with van der Waals surface area (Å²) in [6.07, 6.45) is 1.49. The molecule has 0 saturated heterocycles. The predicted molar refractivity (Wildman–Crippen MR) is 105 cm³/mol. The highest BCUT2D eigenvalue weighted by molar-refractivity contribution is 7.21. The number of hydrogen-bond acceptors (Lipinski definition) is 7. The van der Waals surface area contributed by atoms with Crippen LogP contribution in [0.1, 0.15) is 15.2 Å². The van der Waals surface area contributed by atoms with Crippen molar-refractivity contribution in [2.75, 3.05) is 16.8 Å². The van der Waals surface area contributed by atoms with Gasteiger partial charge in [0.05, 0.1) is 17.5 Å². The zero-order chi connectivity index (χ0) is 19.0. The van der Waals surface area contributed by atoms with E-state index in [1.165, 1.54) is 6.26 Å². The molecule has 1 aromatic carbocycles. The van der Waals surface area contributed by atoms with Crippen molar-refractivity contribution in [3.8, 4) is 17.4 Å². The lowest BCUT2D eigenvalue weighted by Crippen LogP contribution is -2.11. The molecule has 0 aliphatic carbocycles. The first-order valence-electron chi connectivity index (χ1n) is 7.92. The summed E-state index contributed by atoms with van der Waals surface area (Å²) in [7, 11) is 0. The minimum absolute atomic E-state index is 0.0627. The molecule has 0 aliphatic rings. The van der Waals surface area contributed by atoms with E-state index in [-0.39, 0.29) is 23.0 Å². The van der Waals surface area contributed by atoms with Gasteiger partial charge in [0, 0.05) is 11.1 Å². The Balaban J connectivity index is 1.91. The number of rotatable bonds is 3. The van der Waals surface area contributed by atoms with E-state index in [4.69, 9.17) is 15.9 Å². The molecule has 0 radical (unpaired) electrons. The number of carbonyl (C=O) groups excluding carboxylic acids is 1. The third kappa shape index (κ3) is 2.76. The van der Waals surface area contributed by atoms with Crippen LogP contribution in [0.15, 0.2) is 53.1 Å². The molecule has 3 aromatic heterocycles. The Bertz CT molecular complexity index is 1190. The van der Waals surface area contributed by atoms with Crippen molar-refractivity contribution < 1.29 is 9.21 Å². The Labute approximate surface area is 157 Å². The predicted octanol–water partition coefficient (Wildman–Crippen LogP) is 3.84. The first-order valence-corrected chi connectivity index (χ1v) is 8.73. The van der Waals surface area contributed by atoms with Gasteiger partial charge in [-0.2, -0.15) is 5.26 Å². The maximum absolute atomic E-state index is 12.7. The van der Waals surface area contributed by atoms with Crippen LogP contribution in [0.5, 0.6) is 0 Å². The Morgan fingerprint density at radius 3 is 2.63 bits per heavy atom. The van der Waals surface area contributed by atoms with Crippen LogP contribution < -0.4 is 16.8 Å². The van der Waals surface area contributed by atoms with E-state index in [0.29, 0.717) is 32.1 Å². The highest BCUT2D eigenvalue weighted by Crippen LogP contribution is 2.42. The van der Waals surface area contributed by atoms with Crippen LogP contribution in [0.3, 0.4) is 0 Å². The largest absolute Gasteiger partial charge is 0.464 e. The number of furan rings is 1. The van der Waals surface area contributed by atoms with Crippen molar-refractivity contribution in [3.63, 3.8) is 0 Å². The van der Waals surface area contributed by atoms with Gasteiger partial charge in [-0.1, -0.05) is 18.2 Å². The molecule has 0 fully saturated rings. The summed E-state index contributed by atoms with van der Waals surface area (Å²) in [5.74, 6) is 0.141. The molecule has 0 aliphatic heterocycles. The van der Waals surface area contributed by atoms with Crippen molar-refractivity contribution in [2.24, 2.45) is 0 Å². The molecule has 4 aromatic rings. The second kappa shape index (κ2) is 6.48. The fourth-order valence-corrected chi connectivity index (χ4v) is 3.84. The standard InChI is InChI=1S/C19H13N5O2S/c20-9-11-13(12-7-4-8-26-12)14-15(21)16(27-19(14)24-17(11)22)18(25)23-10-5-2-1-3-6-10/h1-8H,21H2,(H2,22,24)(H,23,25). The molecule has 0 spiro atoms. The fourth-order valence-electron chi connectivity index (χ4n) is 2.83. The Kier molecular flexibility index (Phi) is 3.99. The molecule has 0 bridgehead atoms. The van der Waals surface area contributed by atoms with Gasteiger partial charge in [0.2, 0.25) is 0 Å². The number of hydrogen-bond donors (Lipinski definition) is 3. The topological polar surface area (TPSA) is 131 Å². The first-order chi connectivity index (χ1) is 13.1. The number of nitrogen functional groups attached to an aromatic ring is 2. The van der Waals surface area contributed by atoms with E-state index in [1.807, 2.05) is 18.2 Å². The number of nitrogens with zero attached hydrogens (tertiary/aromatic N) is 2. The number of nitrogens with one attached hydrogen (secondary N) is 1. The summed E-state index contributed by atoms with van der Waals surface area (Å²) in [4.78, 5) is 17.7. The summed E-state index contributed by atoms with van der Waals surface area (Å²) in [5, 5.41) is 12.8. The number of carbonyl (C=O) groups is 1. The van der Waals surface area contributed by atoms with Crippen LogP contribution in [0, 0.1) is 11.3 Å². The van der Waals surface area contributed by atoms with Gasteiger partial charge >= 0.3 is 0 Å². The molecule has 4 rings (SSSR count). The van der Waals surface area contributed by atoms with Crippen LogP contribution in [0.2, 0.25) is 0 Å². The van der Waals surface area contributed by atoms with Crippen molar-refractivity contribution in [3.05, 3.63) is 59.2 Å². The smallest absolute Gasteiger partial charge is 0.267 e. The van der Waals surface area contributed by atoms with Crippen LogP contribution >= 0.6 is 11.3 Å². The molecule has 27 heavy (non-hydrogen) atoms.